The molecule has 0 aliphatic heterocycles. The van der Waals surface area contributed by atoms with Gasteiger partial charge in [0.05, 0.1) is 0 Å². The van der Waals surface area contributed by atoms with Crippen LogP contribution in [0.5, 0.6) is 0 Å². The van der Waals surface area contributed by atoms with E-state index in [1.165, 1.54) is 34.6 Å². The van der Waals surface area contributed by atoms with Gasteiger partial charge >= 0.3 is 0 Å². The van der Waals surface area contributed by atoms with Crippen LogP contribution in [0, 0.1) is 6.92 Å². The molecular weight excluding hydrogens is 358 g/mol. The molecule has 2 amide bonds. The Balaban J connectivity index is 1.98. The van der Waals surface area contributed by atoms with E-state index in [9.17, 15) is 9.59 Å². The number of benzene rings is 1. The molecule has 6 heteroatoms. The van der Waals surface area contributed by atoms with Crippen molar-refractivity contribution < 1.29 is 9.59 Å². The summed E-state index contributed by atoms with van der Waals surface area (Å²) in [4.78, 5) is 31.7. The minimum atomic E-state index is -0.268. The Morgan fingerprint density at radius 2 is 2.00 bits per heavy atom. The predicted molar refractivity (Wildman–Crippen MR) is 111 cm³/mol. The first kappa shape index (κ1) is 20.8. The van der Waals surface area contributed by atoms with Gasteiger partial charge in [-0.05, 0) is 37.5 Å². The van der Waals surface area contributed by atoms with Crippen LogP contribution in [0.25, 0.3) is 0 Å². The van der Waals surface area contributed by atoms with E-state index < -0.39 is 0 Å². The number of nitrogens with zero attached hydrogens (tertiary/aromatic N) is 2. The van der Waals surface area contributed by atoms with Crippen LogP contribution in [-0.4, -0.2) is 34.8 Å². The van der Waals surface area contributed by atoms with Crippen LogP contribution in [0.2, 0.25) is 0 Å². The number of amides is 2. The minimum absolute atomic E-state index is 0.0399. The van der Waals surface area contributed by atoms with Gasteiger partial charge in [0.15, 0.2) is 5.13 Å². The van der Waals surface area contributed by atoms with E-state index in [0.29, 0.717) is 17.2 Å². The number of anilines is 1. The lowest BCUT2D eigenvalue weighted by molar-refractivity contribution is -0.116. The number of carbonyl (C=O) groups excluding carboxylic acids is 2. The third-order valence-corrected chi connectivity index (χ3v) is 4.94. The van der Waals surface area contributed by atoms with Gasteiger partial charge in [-0.1, -0.05) is 38.0 Å². The second-order valence-electron chi connectivity index (χ2n) is 6.45. The molecule has 0 bridgehead atoms. The first-order chi connectivity index (χ1) is 13.0. The average Bonchev–Trinajstić information content (AvgIpc) is 3.06. The highest BCUT2D eigenvalue weighted by atomic mass is 32.1. The lowest BCUT2D eigenvalue weighted by Crippen LogP contribution is -2.38. The third-order valence-electron chi connectivity index (χ3n) is 4.11. The van der Waals surface area contributed by atoms with E-state index in [2.05, 4.69) is 23.8 Å². The second-order valence-corrected chi connectivity index (χ2v) is 7.69. The van der Waals surface area contributed by atoms with E-state index in [-0.39, 0.29) is 18.4 Å². The third kappa shape index (κ3) is 6.64. The van der Waals surface area contributed by atoms with Crippen LogP contribution in [0.3, 0.4) is 0 Å². The standard InChI is InChI=1S/C21H27N3O2S/c1-4-6-7-8-17-9-11-18(12-10-17)20(26)24(13-5-2)15-19(25)23-21-22-14-16(3)27-21/h5,9-12,14H,2,4,6-8,13,15H2,1,3H3,(H,22,23,25). The predicted octanol–water partition coefficient (Wildman–Crippen LogP) is 4.45. The summed E-state index contributed by atoms with van der Waals surface area (Å²) in [5.74, 6) is -0.448. The van der Waals surface area contributed by atoms with Gasteiger partial charge in [0.1, 0.15) is 6.54 Å². The molecule has 5 nitrogen and oxygen atoms in total. The van der Waals surface area contributed by atoms with E-state index in [4.69, 9.17) is 0 Å². The van der Waals surface area contributed by atoms with Gasteiger partial charge in [0.25, 0.3) is 5.91 Å². The molecule has 0 saturated carbocycles. The Hall–Kier alpha value is -2.47. The maximum Gasteiger partial charge on any atom is 0.254 e. The van der Waals surface area contributed by atoms with Crippen LogP contribution in [0.1, 0.15) is 47.0 Å². The highest BCUT2D eigenvalue weighted by Gasteiger charge is 2.18. The number of hydrogen-bond donors (Lipinski definition) is 1. The fourth-order valence-electron chi connectivity index (χ4n) is 2.70. The summed E-state index contributed by atoms with van der Waals surface area (Å²) in [6.45, 7) is 8.06. The van der Waals surface area contributed by atoms with Gasteiger partial charge in [-0.25, -0.2) is 4.98 Å². The quantitative estimate of drug-likeness (QED) is 0.485. The number of nitrogens with one attached hydrogen (secondary N) is 1. The smallest absolute Gasteiger partial charge is 0.254 e. The molecule has 0 atom stereocenters. The molecule has 1 aromatic carbocycles. The van der Waals surface area contributed by atoms with Crippen molar-refractivity contribution >= 4 is 28.3 Å². The van der Waals surface area contributed by atoms with Gasteiger partial charge in [0.2, 0.25) is 5.91 Å². The summed E-state index contributed by atoms with van der Waals surface area (Å²) >= 11 is 1.40. The summed E-state index contributed by atoms with van der Waals surface area (Å²) < 4.78 is 0. The molecule has 0 aliphatic rings. The van der Waals surface area contributed by atoms with Crippen LogP contribution in [-0.2, 0) is 11.2 Å². The lowest BCUT2D eigenvalue weighted by Gasteiger charge is -2.20. The summed E-state index contributed by atoms with van der Waals surface area (Å²) in [6, 6.07) is 7.66. The average molecular weight is 386 g/mol. The maximum absolute atomic E-state index is 12.8. The molecule has 1 heterocycles. The molecule has 2 aromatic rings. The van der Waals surface area contributed by atoms with Gasteiger partial charge in [0, 0.05) is 23.2 Å². The maximum atomic E-state index is 12.8. The van der Waals surface area contributed by atoms with Crippen molar-refractivity contribution in [1.82, 2.24) is 9.88 Å². The van der Waals surface area contributed by atoms with E-state index >= 15 is 0 Å². The van der Waals surface area contributed by atoms with Gasteiger partial charge < -0.3 is 10.2 Å². The first-order valence-electron chi connectivity index (χ1n) is 9.25. The fourth-order valence-corrected chi connectivity index (χ4v) is 3.38. The van der Waals surface area contributed by atoms with Crippen molar-refractivity contribution in [2.45, 2.75) is 39.5 Å². The number of unbranched alkanes of at least 4 members (excludes halogenated alkanes) is 2. The molecule has 1 aromatic heterocycles. The zero-order valence-corrected chi connectivity index (χ0v) is 16.8. The molecule has 0 radical (unpaired) electrons. The van der Waals surface area contributed by atoms with E-state index in [1.54, 1.807) is 12.3 Å². The van der Waals surface area contributed by atoms with Crippen LogP contribution < -0.4 is 5.32 Å². The second kappa shape index (κ2) is 10.6. The lowest BCUT2D eigenvalue weighted by atomic mass is 10.0. The molecule has 0 spiro atoms. The Bertz CT molecular complexity index is 768. The highest BCUT2D eigenvalue weighted by Crippen LogP contribution is 2.16. The molecule has 0 unspecified atom stereocenters. The molecule has 144 valence electrons. The van der Waals surface area contributed by atoms with Crippen LogP contribution in [0.4, 0.5) is 5.13 Å². The molecule has 0 saturated heterocycles. The topological polar surface area (TPSA) is 62.3 Å². The Morgan fingerprint density at radius 3 is 2.59 bits per heavy atom. The largest absolute Gasteiger partial charge is 0.326 e. The number of thiazole rings is 1. The zero-order chi connectivity index (χ0) is 19.6. The Morgan fingerprint density at radius 1 is 1.26 bits per heavy atom. The first-order valence-corrected chi connectivity index (χ1v) is 10.1. The van der Waals surface area contributed by atoms with Crippen LogP contribution in [0.15, 0.2) is 43.1 Å². The van der Waals surface area contributed by atoms with E-state index in [1.807, 2.05) is 31.2 Å². The molecule has 27 heavy (non-hydrogen) atoms. The summed E-state index contributed by atoms with van der Waals surface area (Å²) in [5.41, 5.74) is 1.81. The Labute approximate surface area is 165 Å². The monoisotopic (exact) mass is 385 g/mol. The summed E-state index contributed by atoms with van der Waals surface area (Å²) in [5, 5.41) is 3.28. The fraction of sp³-hybridized carbons (Fsp3) is 0.381. The van der Waals surface area contributed by atoms with Gasteiger partial charge in [-0.2, -0.15) is 0 Å². The van der Waals surface area contributed by atoms with Gasteiger partial charge in [-0.3, -0.25) is 9.59 Å². The SMILES string of the molecule is C=CCN(CC(=O)Nc1ncc(C)s1)C(=O)c1ccc(CCCCC)cc1. The Kier molecular flexibility index (Phi) is 8.20. The molecule has 2 rings (SSSR count). The number of hydrogen-bond acceptors (Lipinski definition) is 4. The highest BCUT2D eigenvalue weighted by molar-refractivity contribution is 7.15. The molecule has 0 fully saturated rings. The molecule has 0 aliphatic carbocycles. The number of aryl methyl sites for hydroxylation is 2. The van der Waals surface area contributed by atoms with Crippen molar-refractivity contribution in [3.8, 4) is 0 Å². The molecular formula is C21H27N3O2S. The zero-order valence-electron chi connectivity index (χ0n) is 16.0. The number of aromatic nitrogens is 1. The van der Waals surface area contributed by atoms with Crippen LogP contribution >= 0.6 is 11.3 Å². The van der Waals surface area contributed by atoms with E-state index in [0.717, 1.165) is 17.7 Å². The minimum Gasteiger partial charge on any atom is -0.326 e. The van der Waals surface area contributed by atoms with Crippen molar-refractivity contribution in [3.05, 3.63) is 59.1 Å². The van der Waals surface area contributed by atoms with Crippen molar-refractivity contribution in [3.63, 3.8) is 0 Å². The van der Waals surface area contributed by atoms with Crippen molar-refractivity contribution in [2.75, 3.05) is 18.4 Å². The summed E-state index contributed by atoms with van der Waals surface area (Å²) in [7, 11) is 0. The molecule has 1 N–H and O–H groups in total. The van der Waals surface area contributed by atoms with Gasteiger partial charge in [-0.15, -0.1) is 17.9 Å². The number of carbonyl (C=O) groups is 2. The normalized spacial score (nSPS) is 10.4. The van der Waals surface area contributed by atoms with Crippen molar-refractivity contribution in [1.29, 1.82) is 0 Å². The van der Waals surface area contributed by atoms with Crippen molar-refractivity contribution in [2.24, 2.45) is 0 Å². The number of rotatable bonds is 10. The summed E-state index contributed by atoms with van der Waals surface area (Å²) in [6.07, 6.45) is 7.90.